The quantitative estimate of drug-likeness (QED) is 0.454. The maximum atomic E-state index is 13.2. The van der Waals surface area contributed by atoms with Crippen LogP contribution < -0.4 is 10.0 Å². The van der Waals surface area contributed by atoms with Gasteiger partial charge in [-0.25, -0.2) is 17.5 Å². The van der Waals surface area contributed by atoms with E-state index in [0.29, 0.717) is 37.3 Å². The standard InChI is InChI=1S/C22H31F6N3O2S/c23-15-21(24,25)34(32,33)30-19-6-4-16(5-7-19)8-11-31-12-9-18(10-13-31)29-20-3-1-2-17(14-20)22(26,27)28/h1-3,14,16,18-19,29-30H,4-13,15H2. The third kappa shape index (κ3) is 7.24. The van der Waals surface area contributed by atoms with Crippen LogP contribution >= 0.6 is 0 Å². The number of halogens is 6. The Morgan fingerprint density at radius 1 is 0.941 bits per heavy atom. The molecule has 0 spiro atoms. The number of hydrogen-bond donors (Lipinski definition) is 2. The molecule has 1 saturated carbocycles. The van der Waals surface area contributed by atoms with E-state index in [1.165, 1.54) is 6.07 Å². The molecule has 1 saturated heterocycles. The van der Waals surface area contributed by atoms with E-state index in [9.17, 15) is 34.8 Å². The molecule has 1 aromatic rings. The van der Waals surface area contributed by atoms with Gasteiger partial charge in [-0.3, -0.25) is 0 Å². The zero-order valence-electron chi connectivity index (χ0n) is 18.8. The van der Waals surface area contributed by atoms with Crippen molar-refractivity contribution in [2.45, 2.75) is 68.5 Å². The third-order valence-corrected chi connectivity index (χ3v) is 8.26. The maximum absolute atomic E-state index is 13.2. The number of sulfonamides is 1. The van der Waals surface area contributed by atoms with E-state index in [4.69, 9.17) is 0 Å². The van der Waals surface area contributed by atoms with Crippen molar-refractivity contribution >= 4 is 15.7 Å². The van der Waals surface area contributed by atoms with Crippen LogP contribution in [0.25, 0.3) is 0 Å². The number of piperidine rings is 1. The van der Waals surface area contributed by atoms with Crippen molar-refractivity contribution in [1.29, 1.82) is 0 Å². The summed E-state index contributed by atoms with van der Waals surface area (Å²) in [6, 6.07) is 4.71. The third-order valence-electron chi connectivity index (χ3n) is 6.72. The van der Waals surface area contributed by atoms with Crippen LogP contribution in [-0.4, -0.2) is 57.0 Å². The molecule has 0 radical (unpaired) electrons. The second kappa shape index (κ2) is 11.0. The first-order valence-electron chi connectivity index (χ1n) is 11.5. The molecule has 0 unspecified atom stereocenters. The summed E-state index contributed by atoms with van der Waals surface area (Å²) in [7, 11) is -5.02. The van der Waals surface area contributed by atoms with Crippen LogP contribution in [0.15, 0.2) is 24.3 Å². The van der Waals surface area contributed by atoms with Gasteiger partial charge in [-0.15, -0.1) is 0 Å². The zero-order chi connectivity index (χ0) is 25.0. The summed E-state index contributed by atoms with van der Waals surface area (Å²) in [6.07, 6.45) is 0.464. The Kier molecular flexibility index (Phi) is 8.78. The molecule has 1 aliphatic carbocycles. The van der Waals surface area contributed by atoms with E-state index in [2.05, 4.69) is 10.2 Å². The number of nitrogens with one attached hydrogen (secondary N) is 2. The van der Waals surface area contributed by atoms with Crippen molar-refractivity contribution in [3.8, 4) is 0 Å². The van der Waals surface area contributed by atoms with E-state index >= 15 is 0 Å². The molecule has 0 amide bonds. The maximum Gasteiger partial charge on any atom is 0.416 e. The number of nitrogens with zero attached hydrogens (tertiary/aromatic N) is 1. The number of alkyl halides is 6. The summed E-state index contributed by atoms with van der Waals surface area (Å²) in [5, 5.41) is -1.21. The van der Waals surface area contributed by atoms with Gasteiger partial charge in [-0.05, 0) is 75.6 Å². The molecule has 194 valence electrons. The summed E-state index contributed by atoms with van der Waals surface area (Å²) in [5.41, 5.74) is -0.210. The topological polar surface area (TPSA) is 61.4 Å². The van der Waals surface area contributed by atoms with E-state index in [0.717, 1.165) is 51.0 Å². The molecule has 0 aromatic heterocycles. The summed E-state index contributed by atoms with van der Waals surface area (Å²) >= 11 is 0. The number of hydrogen-bond acceptors (Lipinski definition) is 4. The Labute approximate surface area is 196 Å². The van der Waals surface area contributed by atoms with Crippen LogP contribution in [0.1, 0.15) is 50.5 Å². The van der Waals surface area contributed by atoms with Gasteiger partial charge in [0.15, 0.2) is 6.67 Å². The SMILES string of the molecule is O=S(=O)(NC1CCC(CCN2CCC(Nc3cccc(C(F)(F)F)c3)CC2)CC1)C(F)(F)CF. The average Bonchev–Trinajstić information content (AvgIpc) is 2.79. The normalized spacial score (nSPS) is 23.7. The minimum absolute atomic E-state index is 0.102. The summed E-state index contributed by atoms with van der Waals surface area (Å²) in [4.78, 5) is 2.31. The van der Waals surface area contributed by atoms with Gasteiger partial charge in [0, 0.05) is 30.9 Å². The van der Waals surface area contributed by atoms with Crippen LogP contribution in [-0.2, 0) is 16.2 Å². The highest BCUT2D eigenvalue weighted by Gasteiger charge is 2.46. The molecule has 34 heavy (non-hydrogen) atoms. The number of anilines is 1. The predicted octanol–water partition coefficient (Wildman–Crippen LogP) is 5.01. The van der Waals surface area contributed by atoms with Crippen molar-refractivity contribution in [3.63, 3.8) is 0 Å². The highest BCUT2D eigenvalue weighted by Crippen LogP contribution is 2.32. The van der Waals surface area contributed by atoms with Crippen molar-refractivity contribution in [3.05, 3.63) is 29.8 Å². The fraction of sp³-hybridized carbons (Fsp3) is 0.727. The highest BCUT2D eigenvalue weighted by atomic mass is 32.2. The largest absolute Gasteiger partial charge is 0.416 e. The average molecular weight is 516 g/mol. The van der Waals surface area contributed by atoms with Crippen molar-refractivity contribution in [1.82, 2.24) is 9.62 Å². The Bertz CT molecular complexity index is 896. The molecule has 1 aliphatic heterocycles. The molecule has 2 N–H and O–H groups in total. The molecule has 5 nitrogen and oxygen atoms in total. The van der Waals surface area contributed by atoms with Gasteiger partial charge >= 0.3 is 11.4 Å². The number of benzene rings is 1. The summed E-state index contributed by atoms with van der Waals surface area (Å²) in [6.45, 7) is 0.259. The molecular weight excluding hydrogens is 484 g/mol. The van der Waals surface area contributed by atoms with Gasteiger partial charge in [-0.1, -0.05) is 6.07 Å². The Balaban J connectivity index is 1.36. The molecule has 0 atom stereocenters. The number of rotatable bonds is 9. The molecule has 0 bridgehead atoms. The van der Waals surface area contributed by atoms with Gasteiger partial charge in [0.05, 0.1) is 5.56 Å². The lowest BCUT2D eigenvalue weighted by atomic mass is 9.84. The molecule has 2 fully saturated rings. The number of likely N-dealkylation sites (tertiary alicyclic amines) is 1. The fourth-order valence-electron chi connectivity index (χ4n) is 4.63. The van der Waals surface area contributed by atoms with E-state index < -0.39 is 39.7 Å². The Hall–Kier alpha value is -1.53. The van der Waals surface area contributed by atoms with Crippen LogP contribution in [0, 0.1) is 5.92 Å². The van der Waals surface area contributed by atoms with E-state index in [1.807, 2.05) is 4.72 Å². The van der Waals surface area contributed by atoms with Gasteiger partial charge in [0.1, 0.15) is 0 Å². The molecular formula is C22H31F6N3O2S. The summed E-state index contributed by atoms with van der Waals surface area (Å²) in [5.74, 6) is 0.364. The van der Waals surface area contributed by atoms with Crippen LogP contribution in [0.2, 0.25) is 0 Å². The molecule has 12 heteroatoms. The van der Waals surface area contributed by atoms with E-state index in [-0.39, 0.29) is 6.04 Å². The molecule has 1 aromatic carbocycles. The Morgan fingerprint density at radius 2 is 1.59 bits per heavy atom. The van der Waals surface area contributed by atoms with Crippen LogP contribution in [0.5, 0.6) is 0 Å². The Morgan fingerprint density at radius 3 is 2.18 bits per heavy atom. The zero-order valence-corrected chi connectivity index (χ0v) is 19.6. The molecule has 2 aliphatic rings. The lowest BCUT2D eigenvalue weighted by Gasteiger charge is -2.35. The second-order valence-corrected chi connectivity index (χ2v) is 11.1. The van der Waals surface area contributed by atoms with Gasteiger partial charge < -0.3 is 10.2 Å². The van der Waals surface area contributed by atoms with Crippen molar-refractivity contribution < 1.29 is 34.8 Å². The smallest absolute Gasteiger partial charge is 0.382 e. The first-order chi connectivity index (χ1) is 15.9. The monoisotopic (exact) mass is 515 g/mol. The minimum atomic E-state index is -5.02. The van der Waals surface area contributed by atoms with Gasteiger partial charge in [0.25, 0.3) is 10.0 Å². The lowest BCUT2D eigenvalue weighted by Crippen LogP contribution is -2.47. The van der Waals surface area contributed by atoms with Gasteiger partial charge in [0.2, 0.25) is 0 Å². The first kappa shape index (κ1) is 27.1. The van der Waals surface area contributed by atoms with E-state index in [1.54, 1.807) is 6.07 Å². The highest BCUT2D eigenvalue weighted by molar-refractivity contribution is 7.90. The van der Waals surface area contributed by atoms with Crippen LogP contribution in [0.3, 0.4) is 0 Å². The lowest BCUT2D eigenvalue weighted by molar-refractivity contribution is -0.137. The molecule has 3 rings (SSSR count). The van der Waals surface area contributed by atoms with Gasteiger partial charge in [-0.2, -0.15) is 22.0 Å². The van der Waals surface area contributed by atoms with Crippen molar-refractivity contribution in [2.75, 3.05) is 31.6 Å². The summed E-state index contributed by atoms with van der Waals surface area (Å²) < 4.78 is 103. The minimum Gasteiger partial charge on any atom is -0.382 e. The first-order valence-corrected chi connectivity index (χ1v) is 13.0. The van der Waals surface area contributed by atoms with Crippen LogP contribution in [0.4, 0.5) is 32.0 Å². The second-order valence-electron chi connectivity index (χ2n) is 9.24. The van der Waals surface area contributed by atoms with Crippen molar-refractivity contribution in [2.24, 2.45) is 5.92 Å². The predicted molar refractivity (Wildman–Crippen MR) is 118 cm³/mol. The molecule has 1 heterocycles. The fourth-order valence-corrected chi connectivity index (χ4v) is 5.62.